The van der Waals surface area contributed by atoms with E-state index in [2.05, 4.69) is 5.32 Å². The quantitative estimate of drug-likeness (QED) is 0.543. The van der Waals surface area contributed by atoms with Crippen molar-refractivity contribution in [1.82, 2.24) is 9.88 Å². The molecule has 1 aromatic heterocycles. The maximum absolute atomic E-state index is 13.7. The van der Waals surface area contributed by atoms with Crippen molar-refractivity contribution in [1.29, 1.82) is 5.41 Å². The highest BCUT2D eigenvalue weighted by atomic mass is 16.2. The summed E-state index contributed by atoms with van der Waals surface area (Å²) in [5.41, 5.74) is 3.01. The van der Waals surface area contributed by atoms with Crippen molar-refractivity contribution in [3.05, 3.63) is 87.7 Å². The summed E-state index contributed by atoms with van der Waals surface area (Å²) in [4.78, 5) is 27.1. The lowest BCUT2D eigenvalue weighted by Gasteiger charge is -2.28. The molecule has 2 N–H and O–H groups in total. The Bertz CT molecular complexity index is 1220. The van der Waals surface area contributed by atoms with E-state index in [1.807, 2.05) is 55.5 Å². The normalized spacial score (nSPS) is 15.7. The molecule has 0 spiro atoms. The number of pyridine rings is 1. The molecule has 5 heteroatoms. The van der Waals surface area contributed by atoms with Crippen LogP contribution in [0.1, 0.15) is 54.8 Å². The minimum Gasteiger partial charge on any atom is -0.351 e. The highest BCUT2D eigenvalue weighted by Gasteiger charge is 2.29. The van der Waals surface area contributed by atoms with Crippen molar-refractivity contribution in [2.24, 2.45) is 0 Å². The van der Waals surface area contributed by atoms with Crippen molar-refractivity contribution in [3.8, 4) is 0 Å². The lowest BCUT2D eigenvalue weighted by atomic mass is 9.94. The Morgan fingerprint density at radius 3 is 2.56 bits per heavy atom. The molecule has 3 aromatic rings. The van der Waals surface area contributed by atoms with Crippen LogP contribution in [0.5, 0.6) is 0 Å². The number of aromatic nitrogens is 1. The van der Waals surface area contributed by atoms with Gasteiger partial charge in [-0.15, -0.1) is 0 Å². The number of hydrogen-bond acceptors (Lipinski definition) is 3. The van der Waals surface area contributed by atoms with Crippen LogP contribution in [0.4, 0.5) is 0 Å². The van der Waals surface area contributed by atoms with Crippen LogP contribution in [-0.4, -0.2) is 22.7 Å². The van der Waals surface area contributed by atoms with Crippen LogP contribution in [0.3, 0.4) is 0 Å². The van der Waals surface area contributed by atoms with Gasteiger partial charge in [0.15, 0.2) is 0 Å². The molecule has 1 fully saturated rings. The zero-order chi connectivity index (χ0) is 22.5. The standard InChI is InChI=1S/C27H29N3O2/c1-19-10-5-6-14-22(19)26(27(32)29-21-12-3-2-4-13-21)30-24-16-8-7-15-23(24)20(11-9-17-28)18-25(30)31/h5-11,14-18,21,26,28H,2-4,12-13H2,1H3,(H,29,32). The number of nitrogens with one attached hydrogen (secondary N) is 2. The molecule has 1 aliphatic rings. The summed E-state index contributed by atoms with van der Waals surface area (Å²) in [6, 6.07) is 16.4. The second-order valence-electron chi connectivity index (χ2n) is 8.45. The van der Waals surface area contributed by atoms with Gasteiger partial charge in [0, 0.05) is 23.7 Å². The Balaban J connectivity index is 1.90. The Morgan fingerprint density at radius 1 is 1.09 bits per heavy atom. The van der Waals surface area contributed by atoms with Gasteiger partial charge in [-0.1, -0.05) is 67.8 Å². The van der Waals surface area contributed by atoms with Gasteiger partial charge in [-0.3, -0.25) is 14.2 Å². The lowest BCUT2D eigenvalue weighted by Crippen LogP contribution is -2.43. The molecule has 0 aliphatic heterocycles. The molecule has 2 aromatic carbocycles. The number of benzene rings is 2. The Kier molecular flexibility index (Phi) is 6.64. The summed E-state index contributed by atoms with van der Waals surface area (Å²) < 4.78 is 1.62. The van der Waals surface area contributed by atoms with Gasteiger partial charge in [0.25, 0.3) is 5.56 Å². The summed E-state index contributed by atoms with van der Waals surface area (Å²) in [5.74, 6) is -0.138. The van der Waals surface area contributed by atoms with Crippen LogP contribution < -0.4 is 10.9 Å². The average Bonchev–Trinajstić information content (AvgIpc) is 2.81. The molecule has 4 rings (SSSR count). The molecule has 164 valence electrons. The molecule has 0 radical (unpaired) electrons. The highest BCUT2D eigenvalue weighted by Crippen LogP contribution is 2.28. The molecule has 0 saturated heterocycles. The van der Waals surface area contributed by atoms with Crippen LogP contribution in [0.25, 0.3) is 17.0 Å². The molecule has 0 bridgehead atoms. The molecule has 32 heavy (non-hydrogen) atoms. The van der Waals surface area contributed by atoms with Crippen LogP contribution in [-0.2, 0) is 4.79 Å². The van der Waals surface area contributed by atoms with Gasteiger partial charge in [-0.25, -0.2) is 0 Å². The number of carbonyl (C=O) groups excluding carboxylic acids is 1. The fourth-order valence-corrected chi connectivity index (χ4v) is 4.70. The molecular weight excluding hydrogens is 398 g/mol. The van der Waals surface area contributed by atoms with Crippen LogP contribution in [0, 0.1) is 12.3 Å². The third-order valence-electron chi connectivity index (χ3n) is 6.30. The van der Waals surface area contributed by atoms with Crippen molar-refractivity contribution >= 4 is 29.1 Å². The number of rotatable bonds is 6. The number of hydrogen-bond donors (Lipinski definition) is 2. The Hall–Kier alpha value is -3.47. The van der Waals surface area contributed by atoms with E-state index in [9.17, 15) is 9.59 Å². The topological polar surface area (TPSA) is 75.0 Å². The zero-order valence-electron chi connectivity index (χ0n) is 18.4. The number of carbonyl (C=O) groups is 1. The van der Waals surface area contributed by atoms with E-state index in [0.717, 1.165) is 47.8 Å². The first kappa shape index (κ1) is 21.8. The molecule has 1 heterocycles. The van der Waals surface area contributed by atoms with Crippen molar-refractivity contribution in [2.75, 3.05) is 0 Å². The third-order valence-corrected chi connectivity index (χ3v) is 6.30. The van der Waals surface area contributed by atoms with E-state index in [4.69, 9.17) is 5.41 Å². The van der Waals surface area contributed by atoms with E-state index in [0.29, 0.717) is 5.52 Å². The highest BCUT2D eigenvalue weighted by molar-refractivity contribution is 5.93. The largest absolute Gasteiger partial charge is 0.351 e. The lowest BCUT2D eigenvalue weighted by molar-refractivity contribution is -0.124. The van der Waals surface area contributed by atoms with Crippen molar-refractivity contribution in [3.63, 3.8) is 0 Å². The minimum atomic E-state index is -0.753. The summed E-state index contributed by atoms with van der Waals surface area (Å²) in [7, 11) is 0. The molecule has 1 amide bonds. The molecule has 5 nitrogen and oxygen atoms in total. The number of allylic oxidation sites excluding steroid dienone is 1. The van der Waals surface area contributed by atoms with Gasteiger partial charge >= 0.3 is 0 Å². The smallest absolute Gasteiger partial charge is 0.252 e. The number of fused-ring (bicyclic) bond motifs is 1. The van der Waals surface area contributed by atoms with Crippen LogP contribution in [0.15, 0.2) is 65.5 Å². The predicted octanol–water partition coefficient (Wildman–Crippen LogP) is 5.01. The average molecular weight is 428 g/mol. The van der Waals surface area contributed by atoms with Gasteiger partial charge in [0.05, 0.1) is 5.52 Å². The first-order valence-corrected chi connectivity index (χ1v) is 11.3. The minimum absolute atomic E-state index is 0.138. The van der Waals surface area contributed by atoms with Gasteiger partial charge < -0.3 is 10.7 Å². The zero-order valence-corrected chi connectivity index (χ0v) is 18.4. The van der Waals surface area contributed by atoms with E-state index in [1.165, 1.54) is 12.6 Å². The van der Waals surface area contributed by atoms with Crippen LogP contribution in [0.2, 0.25) is 0 Å². The fraction of sp³-hybridized carbons (Fsp3) is 0.296. The monoisotopic (exact) mass is 427 g/mol. The summed E-state index contributed by atoms with van der Waals surface area (Å²) in [6.07, 6.45) is 9.96. The third kappa shape index (κ3) is 4.42. The van der Waals surface area contributed by atoms with E-state index in [1.54, 1.807) is 22.8 Å². The second kappa shape index (κ2) is 9.77. The summed E-state index contributed by atoms with van der Waals surface area (Å²) >= 11 is 0. The first-order valence-electron chi connectivity index (χ1n) is 11.3. The second-order valence-corrected chi connectivity index (χ2v) is 8.45. The molecule has 1 aliphatic carbocycles. The van der Waals surface area contributed by atoms with Gasteiger partial charge in [-0.2, -0.15) is 0 Å². The molecule has 1 saturated carbocycles. The SMILES string of the molecule is Cc1ccccc1C(C(=O)NC1CCCCC1)n1c(=O)cc(C=CC=N)c2ccccc21. The maximum atomic E-state index is 13.7. The maximum Gasteiger partial charge on any atom is 0.252 e. The molecular formula is C27H29N3O2. The number of aryl methyl sites for hydroxylation is 1. The van der Waals surface area contributed by atoms with Crippen molar-refractivity contribution in [2.45, 2.75) is 51.1 Å². The van der Waals surface area contributed by atoms with Gasteiger partial charge in [0.2, 0.25) is 5.91 Å². The van der Waals surface area contributed by atoms with Crippen LogP contribution >= 0.6 is 0 Å². The van der Waals surface area contributed by atoms with E-state index >= 15 is 0 Å². The van der Waals surface area contributed by atoms with Gasteiger partial charge in [0.1, 0.15) is 6.04 Å². The summed E-state index contributed by atoms with van der Waals surface area (Å²) in [6.45, 7) is 1.98. The number of nitrogens with zero attached hydrogens (tertiary/aromatic N) is 1. The Morgan fingerprint density at radius 2 is 1.81 bits per heavy atom. The molecule has 1 atom stereocenters. The summed E-state index contributed by atoms with van der Waals surface area (Å²) in [5, 5.41) is 11.4. The number of para-hydroxylation sites is 1. The van der Waals surface area contributed by atoms with E-state index < -0.39 is 6.04 Å². The number of amides is 1. The fourth-order valence-electron chi connectivity index (χ4n) is 4.70. The van der Waals surface area contributed by atoms with E-state index in [-0.39, 0.29) is 17.5 Å². The van der Waals surface area contributed by atoms with Crippen molar-refractivity contribution < 1.29 is 4.79 Å². The predicted molar refractivity (Wildman–Crippen MR) is 130 cm³/mol. The first-order chi connectivity index (χ1) is 15.6. The molecule has 1 unspecified atom stereocenters. The Labute approximate surface area is 188 Å². The van der Waals surface area contributed by atoms with Gasteiger partial charge in [-0.05, 0) is 48.6 Å².